The van der Waals surface area contributed by atoms with E-state index in [1.807, 2.05) is 18.2 Å². The van der Waals surface area contributed by atoms with Crippen LogP contribution in [0.25, 0.3) is 0 Å². The average Bonchev–Trinajstić information content (AvgIpc) is 2.97. The molecular weight excluding hydrogens is 567 g/mol. The molecule has 0 radical (unpaired) electrons. The van der Waals surface area contributed by atoms with Gasteiger partial charge in [-0.3, -0.25) is 13.8 Å². The van der Waals surface area contributed by atoms with E-state index in [9.17, 15) is 24.5 Å². The molecule has 0 heterocycles. The van der Waals surface area contributed by atoms with Gasteiger partial charge < -0.3 is 26.2 Å². The Morgan fingerprint density at radius 1 is 0.791 bits per heavy atom. The molecule has 0 aliphatic heterocycles. The van der Waals surface area contributed by atoms with E-state index in [1.165, 1.54) is 70.6 Å². The summed E-state index contributed by atoms with van der Waals surface area (Å²) in [5.74, 6) is -0.496. The zero-order chi connectivity index (χ0) is 32.0. The largest absolute Gasteiger partial charge is 0.472 e. The van der Waals surface area contributed by atoms with Crippen LogP contribution in [0.15, 0.2) is 36.5 Å². The highest BCUT2D eigenvalue weighted by Crippen LogP contribution is 2.43. The summed E-state index contributed by atoms with van der Waals surface area (Å²) in [5.41, 5.74) is 5.31. The lowest BCUT2D eigenvalue weighted by Crippen LogP contribution is -2.46. The van der Waals surface area contributed by atoms with E-state index in [4.69, 9.17) is 14.8 Å². The van der Waals surface area contributed by atoms with Gasteiger partial charge in [0.1, 0.15) is 0 Å². The van der Waals surface area contributed by atoms with Crippen molar-refractivity contribution in [2.45, 2.75) is 148 Å². The molecule has 43 heavy (non-hydrogen) atoms. The number of allylic oxidation sites excluding steroid dienone is 4. The molecule has 0 rings (SSSR count). The minimum atomic E-state index is -4.40. The molecule has 4 atom stereocenters. The van der Waals surface area contributed by atoms with Crippen LogP contribution in [0, 0.1) is 0 Å². The van der Waals surface area contributed by atoms with Crippen molar-refractivity contribution in [3.8, 4) is 0 Å². The molecule has 0 aromatic rings. The van der Waals surface area contributed by atoms with E-state index >= 15 is 0 Å². The first-order valence-electron chi connectivity index (χ1n) is 16.7. The van der Waals surface area contributed by atoms with Gasteiger partial charge in [0.15, 0.2) is 0 Å². The molecular formula is C33H63N2O7P. The summed E-state index contributed by atoms with van der Waals surface area (Å²) in [4.78, 5) is 22.4. The smallest absolute Gasteiger partial charge is 0.392 e. The molecule has 10 heteroatoms. The SMILES string of the molecule is CCCCCC/C=C\CC(O)CC(=O)NC(COP(=O)(O)OCCN)C(O)/C=C/CC/C=C/CCCCCCCCCC. The van der Waals surface area contributed by atoms with Crippen molar-refractivity contribution in [2.75, 3.05) is 19.8 Å². The van der Waals surface area contributed by atoms with Crippen molar-refractivity contribution in [1.82, 2.24) is 5.32 Å². The van der Waals surface area contributed by atoms with Crippen LogP contribution in [0.3, 0.4) is 0 Å². The fourth-order valence-corrected chi connectivity index (χ4v) is 5.18. The molecule has 0 aromatic carbocycles. The lowest BCUT2D eigenvalue weighted by molar-refractivity contribution is -0.124. The third kappa shape index (κ3) is 27.9. The summed E-state index contributed by atoms with van der Waals surface area (Å²) in [5, 5.41) is 23.6. The second-order valence-corrected chi connectivity index (χ2v) is 12.7. The normalized spacial score (nSPS) is 15.8. The third-order valence-corrected chi connectivity index (χ3v) is 7.98. The number of nitrogens with one attached hydrogen (secondary N) is 1. The van der Waals surface area contributed by atoms with Crippen molar-refractivity contribution in [2.24, 2.45) is 5.73 Å². The molecule has 0 saturated carbocycles. The Labute approximate surface area is 262 Å². The number of rotatable bonds is 30. The van der Waals surface area contributed by atoms with E-state index in [-0.39, 0.29) is 19.6 Å². The molecule has 9 nitrogen and oxygen atoms in total. The van der Waals surface area contributed by atoms with E-state index in [0.717, 1.165) is 25.7 Å². The van der Waals surface area contributed by atoms with Gasteiger partial charge in [0.25, 0.3) is 0 Å². The lowest BCUT2D eigenvalue weighted by atomic mass is 10.1. The van der Waals surface area contributed by atoms with Crippen LogP contribution in [0.1, 0.15) is 129 Å². The van der Waals surface area contributed by atoms with Gasteiger partial charge in [0.2, 0.25) is 5.91 Å². The van der Waals surface area contributed by atoms with Crippen LogP contribution in [0.4, 0.5) is 0 Å². The number of amides is 1. The van der Waals surface area contributed by atoms with Gasteiger partial charge in [0, 0.05) is 6.54 Å². The van der Waals surface area contributed by atoms with Crippen LogP contribution in [-0.4, -0.2) is 59.0 Å². The fraction of sp³-hybridized carbons (Fsp3) is 0.788. The summed E-state index contributed by atoms with van der Waals surface area (Å²) in [6, 6.07) is -1.01. The number of carbonyl (C=O) groups excluding carboxylic acids is 1. The number of phosphoric ester groups is 1. The molecule has 0 saturated heterocycles. The summed E-state index contributed by atoms with van der Waals surface area (Å²) in [6.07, 6.45) is 28.4. The minimum Gasteiger partial charge on any atom is -0.392 e. The maximum absolute atomic E-state index is 12.6. The van der Waals surface area contributed by atoms with Gasteiger partial charge in [-0.05, 0) is 44.9 Å². The lowest BCUT2D eigenvalue weighted by Gasteiger charge is -2.23. The summed E-state index contributed by atoms with van der Waals surface area (Å²) in [6.45, 7) is 3.82. The Kier molecular flexibility index (Phi) is 28.5. The standard InChI is InChI=1S/C33H63N2O7P/c1-3-5-7-9-11-12-13-14-15-16-17-19-21-23-25-32(37)31(29-42-43(39,40)41-27-26-34)35-33(38)28-30(36)24-22-20-18-10-8-6-4-2/h16-17,20,22-23,25,30-32,36-37H,3-15,18-19,21,24,26-29,34H2,1-2H3,(H,35,38)(H,39,40)/b17-16+,22-20-,25-23+. The first kappa shape index (κ1) is 41.7. The van der Waals surface area contributed by atoms with Gasteiger partial charge in [-0.15, -0.1) is 0 Å². The summed E-state index contributed by atoms with van der Waals surface area (Å²) >= 11 is 0. The predicted octanol–water partition coefficient (Wildman–Crippen LogP) is 7.02. The van der Waals surface area contributed by atoms with Crippen molar-refractivity contribution in [3.63, 3.8) is 0 Å². The number of unbranched alkanes of at least 4 members (excludes halogenated alkanes) is 13. The van der Waals surface area contributed by atoms with Crippen molar-refractivity contribution < 1.29 is 33.5 Å². The number of aliphatic hydroxyl groups excluding tert-OH is 2. The molecule has 0 fully saturated rings. The molecule has 0 aliphatic carbocycles. The maximum Gasteiger partial charge on any atom is 0.472 e. The van der Waals surface area contributed by atoms with Gasteiger partial charge in [-0.25, -0.2) is 4.57 Å². The number of nitrogens with two attached hydrogens (primary N) is 1. The number of hydrogen-bond donors (Lipinski definition) is 5. The molecule has 0 aromatic heterocycles. The maximum atomic E-state index is 12.6. The first-order chi connectivity index (χ1) is 20.8. The number of aliphatic hydroxyl groups is 2. The van der Waals surface area contributed by atoms with Crippen LogP contribution >= 0.6 is 7.82 Å². The highest BCUT2D eigenvalue weighted by molar-refractivity contribution is 7.47. The summed E-state index contributed by atoms with van der Waals surface area (Å²) < 4.78 is 21.8. The van der Waals surface area contributed by atoms with Gasteiger partial charge in [0.05, 0.1) is 37.9 Å². The topological polar surface area (TPSA) is 151 Å². The fourth-order valence-electron chi connectivity index (χ4n) is 4.42. The Morgan fingerprint density at radius 2 is 1.33 bits per heavy atom. The second-order valence-electron chi connectivity index (χ2n) is 11.2. The molecule has 1 amide bonds. The summed E-state index contributed by atoms with van der Waals surface area (Å²) in [7, 11) is -4.40. The van der Waals surface area contributed by atoms with Crippen LogP contribution in [-0.2, 0) is 18.4 Å². The van der Waals surface area contributed by atoms with Gasteiger partial charge >= 0.3 is 7.82 Å². The van der Waals surface area contributed by atoms with Crippen molar-refractivity contribution >= 4 is 13.7 Å². The van der Waals surface area contributed by atoms with E-state index in [2.05, 4.69) is 31.3 Å². The minimum absolute atomic E-state index is 0.0398. The van der Waals surface area contributed by atoms with Gasteiger partial charge in [-0.2, -0.15) is 0 Å². The Bertz CT molecular complexity index is 791. The quantitative estimate of drug-likeness (QED) is 0.0323. The zero-order valence-corrected chi connectivity index (χ0v) is 27.9. The second kappa shape index (κ2) is 29.4. The van der Waals surface area contributed by atoms with Crippen LogP contribution < -0.4 is 11.1 Å². The Morgan fingerprint density at radius 3 is 1.95 bits per heavy atom. The Balaban J connectivity index is 4.64. The van der Waals surface area contributed by atoms with E-state index in [0.29, 0.717) is 12.8 Å². The van der Waals surface area contributed by atoms with Gasteiger partial charge in [-0.1, -0.05) is 115 Å². The monoisotopic (exact) mass is 630 g/mol. The molecule has 0 bridgehead atoms. The molecule has 0 aliphatic rings. The highest BCUT2D eigenvalue weighted by atomic mass is 31.2. The average molecular weight is 631 g/mol. The first-order valence-corrected chi connectivity index (χ1v) is 18.2. The highest BCUT2D eigenvalue weighted by Gasteiger charge is 2.27. The number of carbonyl (C=O) groups is 1. The van der Waals surface area contributed by atoms with E-state index in [1.54, 1.807) is 6.08 Å². The molecule has 6 N–H and O–H groups in total. The predicted molar refractivity (Wildman–Crippen MR) is 177 cm³/mol. The molecule has 252 valence electrons. The Hall–Kier alpha value is -1.32. The molecule has 0 spiro atoms. The van der Waals surface area contributed by atoms with Crippen LogP contribution in [0.5, 0.6) is 0 Å². The third-order valence-electron chi connectivity index (χ3n) is 6.99. The van der Waals surface area contributed by atoms with Crippen molar-refractivity contribution in [1.29, 1.82) is 0 Å². The van der Waals surface area contributed by atoms with Crippen molar-refractivity contribution in [3.05, 3.63) is 36.5 Å². The molecule has 4 unspecified atom stereocenters. The number of phosphoric acid groups is 1. The van der Waals surface area contributed by atoms with Crippen LogP contribution in [0.2, 0.25) is 0 Å². The van der Waals surface area contributed by atoms with E-state index < -0.39 is 38.6 Å². The zero-order valence-electron chi connectivity index (χ0n) is 27.0. The number of hydrogen-bond acceptors (Lipinski definition) is 7.